The highest BCUT2D eigenvalue weighted by Gasteiger charge is 2.27. The summed E-state index contributed by atoms with van der Waals surface area (Å²) >= 11 is 3.66. The van der Waals surface area contributed by atoms with Crippen molar-refractivity contribution >= 4 is 133 Å². The van der Waals surface area contributed by atoms with E-state index in [0.29, 0.717) is 13.4 Å². The number of hydrogen-bond donors (Lipinski definition) is 1. The SMILES string of the molecule is Brc1cccc(-n2c3cccc4c3c3c5c(cccc5ccc32)-c2ccccc2-4)c1.O[B]Oc1cccc2oc3ccccc3c12.c1cc(-c2cccc3oc4ccccc4c23)cc(-n2c3cccc4c3c3c5c(cccc5ccc32)-c2ccccc2-4)c1. The van der Waals surface area contributed by atoms with Crippen molar-refractivity contribution in [2.24, 2.45) is 0 Å². The van der Waals surface area contributed by atoms with Crippen LogP contribution >= 0.6 is 15.9 Å². The summed E-state index contributed by atoms with van der Waals surface area (Å²) in [4.78, 5) is 0. The molecule has 1 N–H and O–H groups in total. The fourth-order valence-corrected chi connectivity index (χ4v) is 14.9. The zero-order valence-electron chi connectivity index (χ0n) is 47.1. The number of aromatic nitrogens is 2. The predicted octanol–water partition coefficient (Wildman–Crippen LogP) is 22.0. The van der Waals surface area contributed by atoms with E-state index in [2.05, 4.69) is 250 Å². The lowest BCUT2D eigenvalue weighted by molar-refractivity contribution is 0.456. The quantitative estimate of drug-likeness (QED) is 0.174. The zero-order chi connectivity index (χ0) is 58.1. The molecule has 0 saturated carbocycles. The van der Waals surface area contributed by atoms with Gasteiger partial charge in [-0.2, -0.15) is 0 Å². The van der Waals surface area contributed by atoms with E-state index in [0.717, 1.165) is 54.0 Å². The van der Waals surface area contributed by atoms with Crippen LogP contribution in [0, 0.1) is 0 Å². The highest BCUT2D eigenvalue weighted by atomic mass is 79.9. The van der Waals surface area contributed by atoms with Gasteiger partial charge < -0.3 is 27.6 Å². The summed E-state index contributed by atoms with van der Waals surface area (Å²) in [6.45, 7) is 0. The van der Waals surface area contributed by atoms with Crippen LogP contribution in [-0.2, 0) is 0 Å². The fraction of sp³-hybridized carbons (Fsp3) is 0. The third-order valence-electron chi connectivity index (χ3n) is 18.0. The Bertz CT molecular complexity index is 5950. The standard InChI is InChI=1S/C40H23NO.C28H16BrN.C12H8BO3/c1-2-13-29-28(12-1)30-16-6-9-24-21-22-34-40(37(24)30)39-31(29)17-7-18-33(39)41(34)26-11-5-10-25(23-26)27-15-8-20-36-38(27)32-14-3-4-19-35(32)42-36;29-18-7-4-8-19(16-18)30-24-13-5-12-23-21-10-2-1-9-20(21)22-11-3-6-17-14-15-25(30)28(26(17)22)27(23)24;14-13-16-11-7-3-6-10-12(11)8-4-1-2-5-9(8)15-10/h1-23H;1-16H;1-7,14H. The minimum atomic E-state index is 0.588. The smallest absolute Gasteiger partial charge is 0.537 e. The second kappa shape index (κ2) is 19.8. The minimum absolute atomic E-state index is 0.588. The molecule has 0 spiro atoms. The molecular weight excluding hydrogens is 1140 g/mol. The van der Waals surface area contributed by atoms with E-state index < -0.39 is 0 Å². The first-order valence-corrected chi connectivity index (χ1v) is 30.3. The normalized spacial score (nSPS) is 12.0. The summed E-state index contributed by atoms with van der Waals surface area (Å²) in [5.74, 6) is 0.588. The molecule has 411 valence electrons. The van der Waals surface area contributed by atoms with Crippen LogP contribution in [0.2, 0.25) is 0 Å². The molecule has 6 nitrogen and oxygen atoms in total. The average molecular weight is 1190 g/mol. The molecule has 0 unspecified atom stereocenters. The summed E-state index contributed by atoms with van der Waals surface area (Å²) in [5, 5.41) is 23.5. The third-order valence-corrected chi connectivity index (χ3v) is 18.5. The van der Waals surface area contributed by atoms with Gasteiger partial charge in [0.2, 0.25) is 0 Å². The Morgan fingerprint density at radius 3 is 1.27 bits per heavy atom. The molecule has 18 aromatic rings. The fourth-order valence-electron chi connectivity index (χ4n) is 14.6. The van der Waals surface area contributed by atoms with Gasteiger partial charge >= 0.3 is 7.69 Å². The Balaban J connectivity index is 0.000000109. The first kappa shape index (κ1) is 50.4. The minimum Gasteiger partial charge on any atom is -0.537 e. The van der Waals surface area contributed by atoms with Crippen molar-refractivity contribution in [1.82, 2.24) is 9.13 Å². The lowest BCUT2D eigenvalue weighted by atomic mass is 9.93. The number of benzene rings is 14. The molecule has 8 heteroatoms. The first-order valence-electron chi connectivity index (χ1n) is 29.5. The summed E-state index contributed by atoms with van der Waals surface area (Å²) in [7, 11) is 0.677. The molecule has 88 heavy (non-hydrogen) atoms. The second-order valence-electron chi connectivity index (χ2n) is 22.6. The molecule has 1 radical (unpaired) electrons. The molecule has 2 aliphatic carbocycles. The maximum atomic E-state index is 8.71. The average Bonchev–Trinajstić information content (AvgIpc) is 1.59. The first-order chi connectivity index (χ1) is 43.6. The Morgan fingerprint density at radius 2 is 0.716 bits per heavy atom. The van der Waals surface area contributed by atoms with Crippen molar-refractivity contribution in [2.45, 2.75) is 0 Å². The highest BCUT2D eigenvalue weighted by molar-refractivity contribution is 9.10. The molecule has 0 amide bonds. The number of hydrogen-bond acceptors (Lipinski definition) is 4. The number of fused-ring (bicyclic) bond motifs is 12. The number of furan rings is 2. The van der Waals surface area contributed by atoms with Crippen molar-refractivity contribution in [3.63, 3.8) is 0 Å². The molecule has 0 atom stereocenters. The van der Waals surface area contributed by atoms with Crippen LogP contribution < -0.4 is 4.65 Å². The molecule has 0 saturated heterocycles. The molecule has 4 heterocycles. The zero-order valence-corrected chi connectivity index (χ0v) is 48.7. The highest BCUT2D eigenvalue weighted by Crippen LogP contribution is 2.52. The van der Waals surface area contributed by atoms with Crippen LogP contribution in [0.5, 0.6) is 5.75 Å². The Hall–Kier alpha value is -10.9. The Morgan fingerprint density at radius 1 is 0.307 bits per heavy atom. The van der Waals surface area contributed by atoms with E-state index in [9.17, 15) is 0 Å². The predicted molar refractivity (Wildman–Crippen MR) is 368 cm³/mol. The summed E-state index contributed by atoms with van der Waals surface area (Å²) in [5.41, 5.74) is 23.5. The van der Waals surface area contributed by atoms with Crippen molar-refractivity contribution < 1.29 is 18.5 Å². The van der Waals surface area contributed by atoms with Gasteiger partial charge in [-0.25, -0.2) is 0 Å². The topological polar surface area (TPSA) is 65.6 Å². The Kier molecular flexibility index (Phi) is 11.4. The molecule has 4 aromatic heterocycles. The van der Waals surface area contributed by atoms with Crippen molar-refractivity contribution in [3.8, 4) is 72.8 Å². The Labute approximate surface area is 513 Å². The van der Waals surface area contributed by atoms with Crippen molar-refractivity contribution in [3.05, 3.63) is 284 Å². The van der Waals surface area contributed by atoms with Gasteiger partial charge in [-0.1, -0.05) is 210 Å². The summed E-state index contributed by atoms with van der Waals surface area (Å²) in [6, 6.07) is 99.1. The second-order valence-corrected chi connectivity index (χ2v) is 23.6. The van der Waals surface area contributed by atoms with E-state index >= 15 is 0 Å². The molecule has 2 aliphatic rings. The molecule has 0 fully saturated rings. The van der Waals surface area contributed by atoms with E-state index in [1.165, 1.54) is 126 Å². The van der Waals surface area contributed by atoms with E-state index in [-0.39, 0.29) is 0 Å². The van der Waals surface area contributed by atoms with Crippen LogP contribution in [0.15, 0.2) is 292 Å². The van der Waals surface area contributed by atoms with Crippen molar-refractivity contribution in [1.29, 1.82) is 0 Å². The lowest BCUT2D eigenvalue weighted by Crippen LogP contribution is -1.99. The van der Waals surface area contributed by atoms with E-state index in [1.807, 2.05) is 48.5 Å². The van der Waals surface area contributed by atoms with Crippen LogP contribution in [-0.4, -0.2) is 21.8 Å². The largest absolute Gasteiger partial charge is 0.569 e. The maximum Gasteiger partial charge on any atom is 0.569 e. The molecular formula is C80H47BBrN2O4. The number of rotatable bonds is 5. The number of halogens is 1. The molecule has 14 aromatic carbocycles. The number of para-hydroxylation sites is 2. The van der Waals surface area contributed by atoms with Crippen molar-refractivity contribution in [2.75, 3.05) is 0 Å². The van der Waals surface area contributed by atoms with Gasteiger partial charge in [0.1, 0.15) is 28.1 Å². The van der Waals surface area contributed by atoms with Crippen LogP contribution in [0.1, 0.15) is 0 Å². The van der Waals surface area contributed by atoms with Gasteiger partial charge in [0, 0.05) is 53.6 Å². The van der Waals surface area contributed by atoms with Gasteiger partial charge in [-0.05, 0) is 162 Å². The molecule has 0 bridgehead atoms. The van der Waals surface area contributed by atoms with Gasteiger partial charge in [0.25, 0.3) is 0 Å². The maximum absolute atomic E-state index is 8.71. The van der Waals surface area contributed by atoms with E-state index in [1.54, 1.807) is 6.07 Å². The van der Waals surface area contributed by atoms with E-state index in [4.69, 9.17) is 18.5 Å². The molecule has 20 rings (SSSR count). The molecule has 0 aliphatic heterocycles. The van der Waals surface area contributed by atoms with Gasteiger partial charge in [0.05, 0.1) is 27.5 Å². The van der Waals surface area contributed by atoms with Crippen LogP contribution in [0.4, 0.5) is 0 Å². The van der Waals surface area contributed by atoms with Crippen LogP contribution in [0.3, 0.4) is 0 Å². The third kappa shape index (κ3) is 7.53. The van der Waals surface area contributed by atoms with Gasteiger partial charge in [-0.3, -0.25) is 0 Å². The summed E-state index contributed by atoms with van der Waals surface area (Å²) in [6.07, 6.45) is 0. The van der Waals surface area contributed by atoms with Gasteiger partial charge in [-0.15, -0.1) is 0 Å². The summed E-state index contributed by atoms with van der Waals surface area (Å²) < 4.78 is 22.9. The lowest BCUT2D eigenvalue weighted by Gasteiger charge is -2.14. The van der Waals surface area contributed by atoms with Crippen LogP contribution in [0.25, 0.3) is 176 Å². The monoisotopic (exact) mass is 1190 g/mol. The van der Waals surface area contributed by atoms with Gasteiger partial charge in [0.15, 0.2) is 0 Å². The number of nitrogens with zero attached hydrogens (tertiary/aromatic N) is 2.